The van der Waals surface area contributed by atoms with Gasteiger partial charge < -0.3 is 9.88 Å². The minimum Gasteiger partial charge on any atom is -0.377 e. The van der Waals surface area contributed by atoms with Crippen LogP contribution < -0.4 is 5.32 Å². The Morgan fingerprint density at radius 1 is 1.39 bits per heavy atom. The molecule has 0 saturated heterocycles. The molecule has 2 heterocycles. The van der Waals surface area contributed by atoms with E-state index in [2.05, 4.69) is 40.7 Å². The van der Waals surface area contributed by atoms with Gasteiger partial charge in [-0.2, -0.15) is 5.10 Å². The van der Waals surface area contributed by atoms with Crippen LogP contribution in [0.2, 0.25) is 0 Å². The van der Waals surface area contributed by atoms with Crippen molar-refractivity contribution in [2.75, 3.05) is 5.32 Å². The summed E-state index contributed by atoms with van der Waals surface area (Å²) in [6.07, 6.45) is 6.75. The minimum absolute atomic E-state index is 0.434. The molecule has 1 N–H and O–H groups in total. The highest BCUT2D eigenvalue weighted by molar-refractivity contribution is 5.46. The second-order valence-corrected chi connectivity index (χ2v) is 4.76. The number of aryl methyl sites for hydroxylation is 2. The SMILES string of the molecule is CCc1nn(C)cc1NCc1cncn1C(C)C. The van der Waals surface area contributed by atoms with E-state index in [9.17, 15) is 0 Å². The smallest absolute Gasteiger partial charge is 0.0951 e. The Hall–Kier alpha value is -1.78. The number of rotatable bonds is 5. The van der Waals surface area contributed by atoms with Gasteiger partial charge in [0, 0.05) is 25.5 Å². The molecule has 0 radical (unpaired) electrons. The second-order valence-electron chi connectivity index (χ2n) is 4.76. The van der Waals surface area contributed by atoms with Crippen molar-refractivity contribution in [3.8, 4) is 0 Å². The molecular formula is C13H21N5. The number of aromatic nitrogens is 4. The van der Waals surface area contributed by atoms with E-state index in [0.29, 0.717) is 6.04 Å². The fraction of sp³-hybridized carbons (Fsp3) is 0.538. The van der Waals surface area contributed by atoms with Gasteiger partial charge in [0.15, 0.2) is 0 Å². The maximum absolute atomic E-state index is 4.42. The lowest BCUT2D eigenvalue weighted by molar-refractivity contribution is 0.577. The molecule has 0 aliphatic heterocycles. The van der Waals surface area contributed by atoms with E-state index in [-0.39, 0.29) is 0 Å². The zero-order valence-electron chi connectivity index (χ0n) is 11.5. The van der Waals surface area contributed by atoms with Gasteiger partial charge in [-0.05, 0) is 20.3 Å². The summed E-state index contributed by atoms with van der Waals surface area (Å²) in [6.45, 7) is 7.21. The molecule has 2 aromatic rings. The third-order valence-corrected chi connectivity index (χ3v) is 3.00. The predicted molar refractivity (Wildman–Crippen MR) is 72.5 cm³/mol. The third kappa shape index (κ3) is 2.55. The monoisotopic (exact) mass is 247 g/mol. The number of nitrogens with zero attached hydrogens (tertiary/aromatic N) is 4. The van der Waals surface area contributed by atoms with E-state index in [4.69, 9.17) is 0 Å². The lowest BCUT2D eigenvalue weighted by Crippen LogP contribution is -2.09. The summed E-state index contributed by atoms with van der Waals surface area (Å²) in [5.41, 5.74) is 3.40. The van der Waals surface area contributed by atoms with Gasteiger partial charge in [0.05, 0.1) is 29.9 Å². The van der Waals surface area contributed by atoms with Gasteiger partial charge in [-0.3, -0.25) is 4.68 Å². The molecular weight excluding hydrogens is 226 g/mol. The van der Waals surface area contributed by atoms with E-state index in [1.165, 1.54) is 5.69 Å². The molecule has 0 bridgehead atoms. The molecule has 5 heteroatoms. The van der Waals surface area contributed by atoms with Crippen LogP contribution in [0, 0.1) is 0 Å². The highest BCUT2D eigenvalue weighted by Gasteiger charge is 2.08. The van der Waals surface area contributed by atoms with Crippen LogP contribution in [0.15, 0.2) is 18.7 Å². The van der Waals surface area contributed by atoms with E-state index < -0.39 is 0 Å². The molecule has 0 fully saturated rings. The Balaban J connectivity index is 2.09. The fourth-order valence-electron chi connectivity index (χ4n) is 2.06. The van der Waals surface area contributed by atoms with E-state index in [1.807, 2.05) is 30.5 Å². The lowest BCUT2D eigenvalue weighted by Gasteiger charge is -2.12. The Kier molecular flexibility index (Phi) is 3.69. The Morgan fingerprint density at radius 3 is 2.83 bits per heavy atom. The van der Waals surface area contributed by atoms with Crippen molar-refractivity contribution in [3.05, 3.63) is 30.1 Å². The van der Waals surface area contributed by atoms with Gasteiger partial charge in [0.2, 0.25) is 0 Å². The Morgan fingerprint density at radius 2 is 2.17 bits per heavy atom. The van der Waals surface area contributed by atoms with Crippen molar-refractivity contribution in [2.24, 2.45) is 7.05 Å². The van der Waals surface area contributed by atoms with Crippen molar-refractivity contribution in [1.29, 1.82) is 0 Å². The molecule has 0 atom stereocenters. The number of anilines is 1. The molecule has 18 heavy (non-hydrogen) atoms. The van der Waals surface area contributed by atoms with E-state index >= 15 is 0 Å². The molecule has 0 aliphatic carbocycles. The first kappa shape index (κ1) is 12.7. The summed E-state index contributed by atoms with van der Waals surface area (Å²) in [5, 5.41) is 7.86. The summed E-state index contributed by atoms with van der Waals surface area (Å²) in [5.74, 6) is 0. The molecule has 5 nitrogen and oxygen atoms in total. The Labute approximate surface area is 108 Å². The molecule has 0 spiro atoms. The fourth-order valence-corrected chi connectivity index (χ4v) is 2.06. The summed E-state index contributed by atoms with van der Waals surface area (Å²) in [7, 11) is 1.95. The van der Waals surface area contributed by atoms with Crippen molar-refractivity contribution in [3.63, 3.8) is 0 Å². The number of imidazole rings is 1. The molecule has 0 unspecified atom stereocenters. The van der Waals surface area contributed by atoms with Crippen LogP contribution in [-0.2, 0) is 20.0 Å². The minimum atomic E-state index is 0.434. The maximum Gasteiger partial charge on any atom is 0.0951 e. The van der Waals surface area contributed by atoms with Crippen LogP contribution in [0.1, 0.15) is 38.2 Å². The van der Waals surface area contributed by atoms with Crippen molar-refractivity contribution >= 4 is 5.69 Å². The maximum atomic E-state index is 4.42. The highest BCUT2D eigenvalue weighted by atomic mass is 15.3. The van der Waals surface area contributed by atoms with Crippen molar-refractivity contribution in [1.82, 2.24) is 19.3 Å². The van der Waals surface area contributed by atoms with E-state index in [0.717, 1.165) is 24.3 Å². The first-order chi connectivity index (χ1) is 8.61. The molecule has 0 aliphatic rings. The molecule has 0 amide bonds. The number of hydrogen-bond donors (Lipinski definition) is 1. The van der Waals surface area contributed by atoms with Crippen LogP contribution in [0.25, 0.3) is 0 Å². The van der Waals surface area contributed by atoms with Gasteiger partial charge in [0.25, 0.3) is 0 Å². The summed E-state index contributed by atoms with van der Waals surface area (Å²) >= 11 is 0. The van der Waals surface area contributed by atoms with Crippen LogP contribution in [0.4, 0.5) is 5.69 Å². The molecule has 2 aromatic heterocycles. The average molecular weight is 247 g/mol. The van der Waals surface area contributed by atoms with Gasteiger partial charge in [0.1, 0.15) is 0 Å². The van der Waals surface area contributed by atoms with Gasteiger partial charge in [-0.25, -0.2) is 4.98 Å². The van der Waals surface area contributed by atoms with Crippen LogP contribution in [-0.4, -0.2) is 19.3 Å². The zero-order valence-corrected chi connectivity index (χ0v) is 11.5. The second kappa shape index (κ2) is 5.25. The molecule has 0 aromatic carbocycles. The normalized spacial score (nSPS) is 11.2. The average Bonchev–Trinajstić information content (AvgIpc) is 2.92. The van der Waals surface area contributed by atoms with Crippen LogP contribution in [0.5, 0.6) is 0 Å². The van der Waals surface area contributed by atoms with Crippen molar-refractivity contribution in [2.45, 2.75) is 39.8 Å². The first-order valence-corrected chi connectivity index (χ1v) is 6.39. The summed E-state index contributed by atoms with van der Waals surface area (Å²) < 4.78 is 4.02. The lowest BCUT2D eigenvalue weighted by atomic mass is 10.3. The van der Waals surface area contributed by atoms with Gasteiger partial charge in [-0.15, -0.1) is 0 Å². The van der Waals surface area contributed by atoms with Gasteiger partial charge >= 0.3 is 0 Å². The van der Waals surface area contributed by atoms with E-state index in [1.54, 1.807) is 0 Å². The quantitative estimate of drug-likeness (QED) is 0.882. The predicted octanol–water partition coefficient (Wildman–Crippen LogP) is 2.37. The van der Waals surface area contributed by atoms with Gasteiger partial charge in [-0.1, -0.05) is 6.92 Å². The topological polar surface area (TPSA) is 47.7 Å². The first-order valence-electron chi connectivity index (χ1n) is 6.39. The Bertz CT molecular complexity index is 509. The highest BCUT2D eigenvalue weighted by Crippen LogP contribution is 2.16. The summed E-state index contributed by atoms with van der Waals surface area (Å²) in [4.78, 5) is 4.21. The summed E-state index contributed by atoms with van der Waals surface area (Å²) in [6, 6.07) is 0.434. The molecule has 0 saturated carbocycles. The largest absolute Gasteiger partial charge is 0.377 e. The molecule has 98 valence electrons. The van der Waals surface area contributed by atoms with Crippen LogP contribution in [0.3, 0.4) is 0 Å². The zero-order chi connectivity index (χ0) is 13.1. The molecule has 2 rings (SSSR count). The van der Waals surface area contributed by atoms with Crippen LogP contribution >= 0.6 is 0 Å². The third-order valence-electron chi connectivity index (χ3n) is 3.00. The number of nitrogens with one attached hydrogen (secondary N) is 1. The standard InChI is InChI=1S/C13H21N5/c1-5-12-13(8-17(4)16-12)15-7-11-6-14-9-18(11)10(2)3/h6,8-10,15H,5,7H2,1-4H3. The van der Waals surface area contributed by atoms with Crippen molar-refractivity contribution < 1.29 is 0 Å². The number of hydrogen-bond acceptors (Lipinski definition) is 3.